The Morgan fingerprint density at radius 3 is 3.05 bits per heavy atom. The molecular weight excluding hydrogens is 280 g/mol. The van der Waals surface area contributed by atoms with Gasteiger partial charge >= 0.3 is 0 Å². The molecule has 1 amide bonds. The summed E-state index contributed by atoms with van der Waals surface area (Å²) in [4.78, 5) is 21.9. The minimum Gasteiger partial charge on any atom is -0.381 e. The van der Waals surface area contributed by atoms with E-state index in [2.05, 4.69) is 20.2 Å². The highest BCUT2D eigenvalue weighted by atomic mass is 16.5. The van der Waals surface area contributed by atoms with Gasteiger partial charge < -0.3 is 15.0 Å². The Kier molecular flexibility index (Phi) is 5.45. The van der Waals surface area contributed by atoms with Crippen LogP contribution in [-0.4, -0.2) is 59.7 Å². The van der Waals surface area contributed by atoms with E-state index in [9.17, 15) is 4.79 Å². The van der Waals surface area contributed by atoms with Crippen LogP contribution < -0.4 is 5.32 Å². The summed E-state index contributed by atoms with van der Waals surface area (Å²) in [7, 11) is 0. The third-order valence-electron chi connectivity index (χ3n) is 4.78. The number of hydrogen-bond donors (Lipinski definition) is 2. The molecule has 1 aromatic rings. The van der Waals surface area contributed by atoms with Gasteiger partial charge in [0.05, 0.1) is 12.2 Å². The largest absolute Gasteiger partial charge is 0.381 e. The molecular formula is C16H26N4O2. The minimum absolute atomic E-state index is 0.137. The van der Waals surface area contributed by atoms with Crippen molar-refractivity contribution in [2.75, 3.05) is 32.8 Å². The van der Waals surface area contributed by atoms with Gasteiger partial charge in [0.15, 0.2) is 0 Å². The van der Waals surface area contributed by atoms with Crippen molar-refractivity contribution in [1.29, 1.82) is 0 Å². The van der Waals surface area contributed by atoms with Crippen molar-refractivity contribution >= 4 is 5.91 Å². The number of H-pyrrole nitrogens is 1. The first kappa shape index (κ1) is 15.5. The summed E-state index contributed by atoms with van der Waals surface area (Å²) in [5.74, 6) is 0.342. The standard InChI is InChI=1S/C16H26N4O2/c21-16(18-6-3-14-10-17-12-19-14)13-2-1-7-20(11-13)15-4-8-22-9-5-15/h10,12-13,15H,1-9,11H2,(H,17,19)(H,18,21)/t13-/m0/s1. The molecule has 2 aliphatic rings. The Morgan fingerprint density at radius 1 is 1.41 bits per heavy atom. The monoisotopic (exact) mass is 306 g/mol. The van der Waals surface area contributed by atoms with Crippen molar-refractivity contribution in [2.24, 2.45) is 5.92 Å². The highest BCUT2D eigenvalue weighted by molar-refractivity contribution is 5.78. The highest BCUT2D eigenvalue weighted by Gasteiger charge is 2.30. The smallest absolute Gasteiger partial charge is 0.224 e. The summed E-state index contributed by atoms with van der Waals surface area (Å²) < 4.78 is 5.44. The number of nitrogens with one attached hydrogen (secondary N) is 2. The molecule has 0 aliphatic carbocycles. The Balaban J connectivity index is 1.43. The van der Waals surface area contributed by atoms with Crippen LogP contribution in [0.5, 0.6) is 0 Å². The van der Waals surface area contributed by atoms with Crippen molar-refractivity contribution in [1.82, 2.24) is 20.2 Å². The second kappa shape index (κ2) is 7.74. The molecule has 6 nitrogen and oxygen atoms in total. The summed E-state index contributed by atoms with van der Waals surface area (Å²) >= 11 is 0. The molecule has 2 N–H and O–H groups in total. The molecule has 0 bridgehead atoms. The molecule has 22 heavy (non-hydrogen) atoms. The summed E-state index contributed by atoms with van der Waals surface area (Å²) in [5.41, 5.74) is 1.06. The lowest BCUT2D eigenvalue weighted by molar-refractivity contribution is -0.127. The number of imidazole rings is 1. The molecule has 1 atom stereocenters. The van der Waals surface area contributed by atoms with Crippen LogP contribution in [0.2, 0.25) is 0 Å². The minimum atomic E-state index is 0.137. The Hall–Kier alpha value is -1.40. The molecule has 0 aromatic carbocycles. The van der Waals surface area contributed by atoms with Gasteiger partial charge in [-0.05, 0) is 32.2 Å². The van der Waals surface area contributed by atoms with Crippen molar-refractivity contribution < 1.29 is 9.53 Å². The number of hydrogen-bond acceptors (Lipinski definition) is 4. The Bertz CT molecular complexity index is 457. The van der Waals surface area contributed by atoms with E-state index >= 15 is 0 Å². The first-order chi connectivity index (χ1) is 10.8. The Labute approximate surface area is 131 Å². The van der Waals surface area contributed by atoms with Gasteiger partial charge in [0, 0.05) is 50.7 Å². The van der Waals surface area contributed by atoms with Gasteiger partial charge in [0.1, 0.15) is 0 Å². The van der Waals surface area contributed by atoms with Gasteiger partial charge in [-0.25, -0.2) is 4.98 Å². The quantitative estimate of drug-likeness (QED) is 0.850. The van der Waals surface area contributed by atoms with Crippen LogP contribution in [0.1, 0.15) is 31.4 Å². The maximum absolute atomic E-state index is 12.4. The molecule has 1 aromatic heterocycles. The zero-order valence-corrected chi connectivity index (χ0v) is 13.1. The van der Waals surface area contributed by atoms with E-state index < -0.39 is 0 Å². The maximum Gasteiger partial charge on any atom is 0.224 e. The lowest BCUT2D eigenvalue weighted by Gasteiger charge is -2.39. The van der Waals surface area contributed by atoms with Crippen LogP contribution in [0.3, 0.4) is 0 Å². The van der Waals surface area contributed by atoms with Crippen LogP contribution in [-0.2, 0) is 16.0 Å². The first-order valence-corrected chi connectivity index (χ1v) is 8.39. The van der Waals surface area contributed by atoms with Gasteiger partial charge in [-0.1, -0.05) is 0 Å². The van der Waals surface area contributed by atoms with Crippen molar-refractivity contribution in [2.45, 2.75) is 38.1 Å². The molecule has 122 valence electrons. The van der Waals surface area contributed by atoms with Gasteiger partial charge in [0.2, 0.25) is 5.91 Å². The van der Waals surface area contributed by atoms with E-state index in [4.69, 9.17) is 4.74 Å². The fourth-order valence-corrected chi connectivity index (χ4v) is 3.49. The molecule has 0 radical (unpaired) electrons. The highest BCUT2D eigenvalue weighted by Crippen LogP contribution is 2.23. The fourth-order valence-electron chi connectivity index (χ4n) is 3.49. The predicted molar refractivity (Wildman–Crippen MR) is 83.4 cm³/mol. The number of carbonyl (C=O) groups excluding carboxylic acids is 1. The van der Waals surface area contributed by atoms with Crippen LogP contribution >= 0.6 is 0 Å². The normalized spacial score (nSPS) is 24.3. The predicted octanol–water partition coefficient (Wildman–Crippen LogP) is 0.959. The van der Waals surface area contributed by atoms with Gasteiger partial charge in [0.25, 0.3) is 0 Å². The van der Waals surface area contributed by atoms with E-state index in [1.54, 1.807) is 12.5 Å². The number of rotatable bonds is 5. The number of ether oxygens (including phenoxy) is 1. The van der Waals surface area contributed by atoms with E-state index in [-0.39, 0.29) is 11.8 Å². The van der Waals surface area contributed by atoms with Crippen LogP contribution in [0.15, 0.2) is 12.5 Å². The second-order valence-corrected chi connectivity index (χ2v) is 6.30. The van der Waals surface area contributed by atoms with Gasteiger partial charge in [-0.3, -0.25) is 9.69 Å². The SMILES string of the molecule is O=C(NCCc1cnc[nH]1)[C@H]1CCCN(C2CCOCC2)C1. The number of amides is 1. The van der Waals surface area contributed by atoms with E-state index in [0.717, 1.165) is 64.1 Å². The van der Waals surface area contributed by atoms with E-state index in [1.807, 2.05) is 0 Å². The average Bonchev–Trinajstić information content (AvgIpc) is 3.09. The van der Waals surface area contributed by atoms with E-state index in [0.29, 0.717) is 12.6 Å². The molecule has 6 heteroatoms. The average molecular weight is 306 g/mol. The first-order valence-electron chi connectivity index (χ1n) is 8.39. The number of carbonyl (C=O) groups is 1. The number of likely N-dealkylation sites (tertiary alicyclic amines) is 1. The summed E-state index contributed by atoms with van der Waals surface area (Å²) in [6.45, 7) is 4.43. The van der Waals surface area contributed by atoms with E-state index in [1.165, 1.54) is 0 Å². The second-order valence-electron chi connectivity index (χ2n) is 6.30. The molecule has 2 saturated heterocycles. The molecule has 0 saturated carbocycles. The lowest BCUT2D eigenvalue weighted by atomic mass is 9.94. The van der Waals surface area contributed by atoms with Crippen molar-refractivity contribution in [3.63, 3.8) is 0 Å². The summed E-state index contributed by atoms with van der Waals surface area (Å²) in [6, 6.07) is 0.606. The number of piperidine rings is 1. The van der Waals surface area contributed by atoms with Crippen LogP contribution in [0, 0.1) is 5.92 Å². The van der Waals surface area contributed by atoms with Gasteiger partial charge in [-0.2, -0.15) is 0 Å². The zero-order chi connectivity index (χ0) is 15.2. The molecule has 0 unspecified atom stereocenters. The number of aromatic nitrogens is 2. The molecule has 2 fully saturated rings. The molecule has 3 rings (SSSR count). The zero-order valence-electron chi connectivity index (χ0n) is 13.1. The molecule has 0 spiro atoms. The Morgan fingerprint density at radius 2 is 2.27 bits per heavy atom. The summed E-state index contributed by atoms with van der Waals surface area (Å²) in [6.07, 6.45) is 8.62. The molecule has 2 aliphatic heterocycles. The van der Waals surface area contributed by atoms with Crippen LogP contribution in [0.25, 0.3) is 0 Å². The number of aromatic amines is 1. The van der Waals surface area contributed by atoms with Gasteiger partial charge in [-0.15, -0.1) is 0 Å². The van der Waals surface area contributed by atoms with Crippen molar-refractivity contribution in [3.8, 4) is 0 Å². The lowest BCUT2D eigenvalue weighted by Crippen LogP contribution is -2.48. The fraction of sp³-hybridized carbons (Fsp3) is 0.750. The van der Waals surface area contributed by atoms with Crippen molar-refractivity contribution in [3.05, 3.63) is 18.2 Å². The summed E-state index contributed by atoms with van der Waals surface area (Å²) in [5, 5.41) is 3.08. The third kappa shape index (κ3) is 4.08. The molecule has 3 heterocycles. The third-order valence-corrected chi connectivity index (χ3v) is 4.78. The van der Waals surface area contributed by atoms with Crippen LogP contribution in [0.4, 0.5) is 0 Å². The maximum atomic E-state index is 12.4. The topological polar surface area (TPSA) is 70.2 Å². The number of nitrogens with zero attached hydrogens (tertiary/aromatic N) is 2.